The lowest BCUT2D eigenvalue weighted by molar-refractivity contribution is -0.141. The van der Waals surface area contributed by atoms with Gasteiger partial charge in [-0.25, -0.2) is 0 Å². The SMILES string of the molecule is COC(=O)CC1CC[S+]([O-])CC1. The van der Waals surface area contributed by atoms with Gasteiger partial charge in [-0.15, -0.1) is 0 Å². The van der Waals surface area contributed by atoms with Crippen molar-refractivity contribution in [3.8, 4) is 0 Å². The Morgan fingerprint density at radius 3 is 2.67 bits per heavy atom. The molecule has 0 bridgehead atoms. The Morgan fingerprint density at radius 1 is 1.58 bits per heavy atom. The second-order valence-electron chi connectivity index (χ2n) is 3.07. The molecule has 1 heterocycles. The molecular weight excluding hydrogens is 176 g/mol. The molecule has 0 radical (unpaired) electrons. The molecule has 0 saturated carbocycles. The Bertz CT molecular complexity index is 152. The molecule has 0 atom stereocenters. The molecule has 0 N–H and O–H groups in total. The van der Waals surface area contributed by atoms with Crippen molar-refractivity contribution in [1.29, 1.82) is 0 Å². The Labute approximate surface area is 75.7 Å². The largest absolute Gasteiger partial charge is 0.616 e. The Balaban J connectivity index is 2.21. The van der Waals surface area contributed by atoms with Gasteiger partial charge in [-0.3, -0.25) is 4.79 Å². The van der Waals surface area contributed by atoms with Crippen molar-refractivity contribution in [1.82, 2.24) is 0 Å². The molecule has 0 spiro atoms. The number of carbonyl (C=O) groups is 1. The predicted octanol–water partition coefficient (Wildman–Crippen LogP) is 0.708. The molecule has 3 nitrogen and oxygen atoms in total. The van der Waals surface area contributed by atoms with E-state index in [1.165, 1.54) is 7.11 Å². The van der Waals surface area contributed by atoms with E-state index in [0.717, 1.165) is 24.3 Å². The molecule has 0 aromatic carbocycles. The summed E-state index contributed by atoms with van der Waals surface area (Å²) in [6.45, 7) is 0. The number of ether oxygens (including phenoxy) is 1. The lowest BCUT2D eigenvalue weighted by atomic mass is 9.99. The highest BCUT2D eigenvalue weighted by molar-refractivity contribution is 7.91. The van der Waals surface area contributed by atoms with Crippen LogP contribution in [0.5, 0.6) is 0 Å². The third-order valence-corrected chi connectivity index (χ3v) is 3.57. The number of hydrogen-bond acceptors (Lipinski definition) is 3. The standard InChI is InChI=1S/C8H14O3S/c1-11-8(9)6-7-2-4-12(10)5-3-7/h7H,2-6H2,1H3. The molecule has 1 aliphatic heterocycles. The number of esters is 1. The molecule has 0 aliphatic carbocycles. The van der Waals surface area contributed by atoms with Crippen LogP contribution in [0, 0.1) is 5.92 Å². The molecule has 70 valence electrons. The van der Waals surface area contributed by atoms with E-state index in [0.29, 0.717) is 12.3 Å². The first-order chi connectivity index (χ1) is 5.72. The number of hydrogen-bond donors (Lipinski definition) is 0. The lowest BCUT2D eigenvalue weighted by Crippen LogP contribution is -2.25. The first-order valence-electron chi connectivity index (χ1n) is 4.14. The number of rotatable bonds is 2. The van der Waals surface area contributed by atoms with Crippen molar-refractivity contribution >= 4 is 17.1 Å². The van der Waals surface area contributed by atoms with Crippen LogP contribution in [-0.2, 0) is 20.7 Å². The van der Waals surface area contributed by atoms with Crippen LogP contribution in [0.25, 0.3) is 0 Å². The zero-order valence-corrected chi connectivity index (χ0v) is 8.06. The fraction of sp³-hybridized carbons (Fsp3) is 0.875. The highest BCUT2D eigenvalue weighted by Gasteiger charge is 2.23. The summed E-state index contributed by atoms with van der Waals surface area (Å²) in [4.78, 5) is 10.9. The van der Waals surface area contributed by atoms with E-state index < -0.39 is 11.2 Å². The van der Waals surface area contributed by atoms with Gasteiger partial charge in [0, 0.05) is 6.42 Å². The van der Waals surface area contributed by atoms with E-state index in [-0.39, 0.29) is 5.97 Å². The van der Waals surface area contributed by atoms with Crippen LogP contribution in [-0.4, -0.2) is 29.1 Å². The zero-order chi connectivity index (χ0) is 8.97. The molecule has 1 aliphatic rings. The predicted molar refractivity (Wildman–Crippen MR) is 47.2 cm³/mol. The van der Waals surface area contributed by atoms with Crippen molar-refractivity contribution in [2.24, 2.45) is 5.92 Å². The van der Waals surface area contributed by atoms with Gasteiger partial charge < -0.3 is 9.29 Å². The quantitative estimate of drug-likeness (QED) is 0.476. The topological polar surface area (TPSA) is 49.4 Å². The smallest absolute Gasteiger partial charge is 0.305 e. The second kappa shape index (κ2) is 4.72. The first-order valence-corrected chi connectivity index (χ1v) is 5.63. The first kappa shape index (κ1) is 9.86. The van der Waals surface area contributed by atoms with Crippen LogP contribution in [0.1, 0.15) is 19.3 Å². The Hall–Kier alpha value is -0.220. The van der Waals surface area contributed by atoms with Crippen molar-refractivity contribution in [3.63, 3.8) is 0 Å². The van der Waals surface area contributed by atoms with Gasteiger partial charge in [-0.1, -0.05) is 11.2 Å². The van der Waals surface area contributed by atoms with Crippen LogP contribution in [0.3, 0.4) is 0 Å². The fourth-order valence-corrected chi connectivity index (χ4v) is 2.76. The Morgan fingerprint density at radius 2 is 2.17 bits per heavy atom. The third-order valence-electron chi connectivity index (χ3n) is 2.19. The van der Waals surface area contributed by atoms with Crippen LogP contribution < -0.4 is 0 Å². The molecule has 4 heteroatoms. The second-order valence-corrected chi connectivity index (χ2v) is 4.77. The molecule has 1 saturated heterocycles. The van der Waals surface area contributed by atoms with Gasteiger partial charge in [0.15, 0.2) is 0 Å². The van der Waals surface area contributed by atoms with Crippen LogP contribution in [0.4, 0.5) is 0 Å². The van der Waals surface area contributed by atoms with Gasteiger partial charge in [0.05, 0.1) is 7.11 Å². The lowest BCUT2D eigenvalue weighted by Gasteiger charge is -2.22. The molecule has 0 amide bonds. The third kappa shape index (κ3) is 3.03. The summed E-state index contributed by atoms with van der Waals surface area (Å²) in [5.74, 6) is 1.76. The highest BCUT2D eigenvalue weighted by Crippen LogP contribution is 2.21. The van der Waals surface area contributed by atoms with E-state index in [9.17, 15) is 9.35 Å². The fourth-order valence-electron chi connectivity index (χ4n) is 1.37. The van der Waals surface area contributed by atoms with Gasteiger partial charge >= 0.3 is 5.97 Å². The minimum atomic E-state index is -0.630. The maximum Gasteiger partial charge on any atom is 0.305 e. The maximum atomic E-state index is 11.0. The van der Waals surface area contributed by atoms with Crippen LogP contribution in [0.15, 0.2) is 0 Å². The van der Waals surface area contributed by atoms with Gasteiger partial charge in [-0.2, -0.15) is 0 Å². The van der Waals surface area contributed by atoms with E-state index in [1.807, 2.05) is 0 Å². The van der Waals surface area contributed by atoms with Crippen molar-refractivity contribution in [2.45, 2.75) is 19.3 Å². The normalized spacial score (nSPS) is 29.8. The summed E-state index contributed by atoms with van der Waals surface area (Å²) in [6.07, 6.45) is 2.30. The van der Waals surface area contributed by atoms with Gasteiger partial charge in [0.1, 0.15) is 11.5 Å². The van der Waals surface area contributed by atoms with E-state index in [2.05, 4.69) is 4.74 Å². The molecule has 0 unspecified atom stereocenters. The van der Waals surface area contributed by atoms with Crippen LogP contribution >= 0.6 is 0 Å². The summed E-state index contributed by atoms with van der Waals surface area (Å²) < 4.78 is 15.5. The van der Waals surface area contributed by atoms with Gasteiger partial charge in [-0.05, 0) is 18.8 Å². The van der Waals surface area contributed by atoms with E-state index >= 15 is 0 Å². The number of methoxy groups -OCH3 is 1. The molecule has 1 fully saturated rings. The number of carbonyl (C=O) groups excluding carboxylic acids is 1. The summed E-state index contributed by atoms with van der Waals surface area (Å²) in [7, 11) is 1.41. The monoisotopic (exact) mass is 190 g/mol. The maximum absolute atomic E-state index is 11.0. The van der Waals surface area contributed by atoms with Crippen molar-refractivity contribution < 1.29 is 14.1 Å². The molecule has 0 aromatic rings. The van der Waals surface area contributed by atoms with Crippen molar-refractivity contribution in [3.05, 3.63) is 0 Å². The summed E-state index contributed by atoms with van der Waals surface area (Å²) in [6, 6.07) is 0. The highest BCUT2D eigenvalue weighted by atomic mass is 32.2. The summed E-state index contributed by atoms with van der Waals surface area (Å²) >= 11 is -0.630. The van der Waals surface area contributed by atoms with E-state index in [1.54, 1.807) is 0 Å². The van der Waals surface area contributed by atoms with Crippen LogP contribution in [0.2, 0.25) is 0 Å². The average molecular weight is 190 g/mol. The molecule has 12 heavy (non-hydrogen) atoms. The zero-order valence-electron chi connectivity index (χ0n) is 7.25. The molecular formula is C8H14O3S. The molecule has 1 rings (SSSR count). The Kier molecular flexibility index (Phi) is 3.88. The summed E-state index contributed by atoms with van der Waals surface area (Å²) in [5, 5.41) is 0. The summed E-state index contributed by atoms with van der Waals surface area (Å²) in [5.41, 5.74) is 0. The van der Waals surface area contributed by atoms with Crippen molar-refractivity contribution in [2.75, 3.05) is 18.6 Å². The van der Waals surface area contributed by atoms with Gasteiger partial charge in [0.25, 0.3) is 0 Å². The minimum absolute atomic E-state index is 0.146. The minimum Gasteiger partial charge on any atom is -0.616 e. The van der Waals surface area contributed by atoms with Gasteiger partial charge in [0.2, 0.25) is 0 Å². The molecule has 0 aromatic heterocycles. The van der Waals surface area contributed by atoms with E-state index in [4.69, 9.17) is 0 Å². The average Bonchev–Trinajstić information content (AvgIpc) is 2.09.